The number of ether oxygens (including phenoxy) is 3. The van der Waals surface area contributed by atoms with Gasteiger partial charge >= 0.3 is 0 Å². The van der Waals surface area contributed by atoms with E-state index in [1.54, 1.807) is 6.08 Å². The van der Waals surface area contributed by atoms with E-state index in [2.05, 4.69) is 67.7 Å². The Hall–Kier alpha value is 0.474. The van der Waals surface area contributed by atoms with Gasteiger partial charge in [-0.05, 0) is 36.3 Å². The molecule has 2 saturated heterocycles. The second-order valence-corrected chi connectivity index (χ2v) is 23.0. The van der Waals surface area contributed by atoms with Crippen LogP contribution in [0.2, 0.25) is 36.3 Å². The van der Waals surface area contributed by atoms with Crippen LogP contribution in [0.4, 0.5) is 0 Å². The predicted molar refractivity (Wildman–Crippen MR) is 152 cm³/mol. The monoisotopic (exact) mass is 588 g/mol. The molecule has 0 bridgehead atoms. The van der Waals surface area contributed by atoms with Crippen molar-refractivity contribution >= 4 is 39.8 Å². The molecule has 0 radical (unpaired) electrons. The summed E-state index contributed by atoms with van der Waals surface area (Å²) < 4.78 is 28.4. The van der Waals surface area contributed by atoms with E-state index in [4.69, 9.17) is 46.3 Å². The Morgan fingerprint density at radius 3 is 1.78 bits per heavy atom. The number of aliphatic hydroxyl groups is 2. The second-order valence-electron chi connectivity index (χ2n) is 12.5. The average molecular weight is 590 g/mol. The summed E-state index contributed by atoms with van der Waals surface area (Å²) in [5.41, 5.74) is 0. The number of halogens is 2. The van der Waals surface area contributed by atoms with Crippen molar-refractivity contribution < 1.29 is 33.3 Å². The molecule has 3 aliphatic heterocycles. The summed E-state index contributed by atoms with van der Waals surface area (Å²) in [6, 6.07) is 0. The molecule has 0 spiro atoms. The van der Waals surface area contributed by atoms with Gasteiger partial charge in [-0.25, -0.2) is 0 Å². The molecule has 214 valence electrons. The van der Waals surface area contributed by atoms with Crippen LogP contribution in [0.1, 0.15) is 41.5 Å². The van der Waals surface area contributed by atoms with Crippen molar-refractivity contribution in [3.8, 4) is 0 Å². The standard InChI is InChI=1S/C12H24O4Si.C12H24O3Si.CH2Cl2/c1-12(2,3)17(4,5)15-7-8-10(13)11-9(16-11)6-14-8;1-12(2,3)16(4,5)15-9-11-10(13)7-6-8-14-11;2-1-3/h8-11,13H,6-7H2,1-5H3;6-7,10-11,13H,8-9H2,1-5H3;1H2/t8-,9+,10-,11+;10-,11+;/m01./s1. The minimum absolute atomic E-state index is 0.0169. The smallest absolute Gasteiger partial charge is 0.192 e. The van der Waals surface area contributed by atoms with Gasteiger partial charge in [0.1, 0.15) is 36.6 Å². The first-order valence-electron chi connectivity index (χ1n) is 12.7. The second kappa shape index (κ2) is 14.2. The zero-order chi connectivity index (χ0) is 27.9. The summed E-state index contributed by atoms with van der Waals surface area (Å²) in [6.07, 6.45) is 2.23. The summed E-state index contributed by atoms with van der Waals surface area (Å²) in [6.45, 7) is 24.2. The maximum atomic E-state index is 9.96. The van der Waals surface area contributed by atoms with Crippen LogP contribution in [-0.4, -0.2) is 95.2 Å². The molecule has 0 aromatic rings. The lowest BCUT2D eigenvalue weighted by molar-refractivity contribution is -0.0782. The minimum atomic E-state index is -1.76. The number of epoxide rings is 1. The van der Waals surface area contributed by atoms with Gasteiger partial charge < -0.3 is 33.3 Å². The number of hydrogen-bond donors (Lipinski definition) is 2. The lowest BCUT2D eigenvalue weighted by Gasteiger charge is -2.38. The van der Waals surface area contributed by atoms with Crippen LogP contribution in [0, 0.1) is 0 Å². The number of fused-ring (bicyclic) bond motifs is 1. The summed E-state index contributed by atoms with van der Waals surface area (Å²) >= 11 is 9.53. The zero-order valence-electron chi connectivity index (χ0n) is 23.8. The molecule has 3 aliphatic rings. The fourth-order valence-electron chi connectivity index (χ4n) is 3.02. The van der Waals surface area contributed by atoms with E-state index in [1.165, 1.54) is 0 Å². The van der Waals surface area contributed by atoms with Gasteiger partial charge in [-0.15, -0.1) is 23.2 Å². The first-order chi connectivity index (χ1) is 16.4. The van der Waals surface area contributed by atoms with Crippen LogP contribution in [-0.2, 0) is 23.1 Å². The highest BCUT2D eigenvalue weighted by Gasteiger charge is 2.52. The van der Waals surface area contributed by atoms with Crippen molar-refractivity contribution in [2.45, 2.75) is 114 Å². The lowest BCUT2D eigenvalue weighted by Crippen LogP contribution is -2.48. The lowest BCUT2D eigenvalue weighted by atomic mass is 10.1. The molecule has 3 rings (SSSR count). The third-order valence-corrected chi connectivity index (χ3v) is 16.8. The highest BCUT2D eigenvalue weighted by Crippen LogP contribution is 2.38. The molecule has 0 aromatic heterocycles. The van der Waals surface area contributed by atoms with Crippen LogP contribution < -0.4 is 0 Å². The van der Waals surface area contributed by atoms with Crippen LogP contribution >= 0.6 is 23.2 Å². The Balaban J connectivity index is 0.000000325. The quantitative estimate of drug-likeness (QED) is 0.189. The molecule has 36 heavy (non-hydrogen) atoms. The fraction of sp³-hybridized carbons (Fsp3) is 0.920. The third kappa shape index (κ3) is 10.6. The molecule has 2 N–H and O–H groups in total. The molecule has 0 saturated carbocycles. The van der Waals surface area contributed by atoms with Gasteiger partial charge in [0.2, 0.25) is 0 Å². The van der Waals surface area contributed by atoms with Gasteiger partial charge in [-0.2, -0.15) is 0 Å². The van der Waals surface area contributed by atoms with Crippen LogP contribution in [0.3, 0.4) is 0 Å². The molecule has 0 amide bonds. The maximum absolute atomic E-state index is 9.96. The molecule has 0 aliphatic carbocycles. The number of alkyl halides is 2. The van der Waals surface area contributed by atoms with E-state index in [9.17, 15) is 10.2 Å². The van der Waals surface area contributed by atoms with Gasteiger partial charge in [-0.1, -0.05) is 53.7 Å². The molecule has 3 heterocycles. The molecule has 0 aromatic carbocycles. The summed E-state index contributed by atoms with van der Waals surface area (Å²) in [5.74, 6) is 0. The molecule has 7 nitrogen and oxygen atoms in total. The van der Waals surface area contributed by atoms with E-state index < -0.39 is 28.8 Å². The highest BCUT2D eigenvalue weighted by molar-refractivity contribution is 6.74. The number of aliphatic hydroxyl groups excluding tert-OH is 2. The van der Waals surface area contributed by atoms with E-state index in [0.717, 1.165) is 0 Å². The van der Waals surface area contributed by atoms with Crippen LogP contribution in [0.15, 0.2) is 12.2 Å². The van der Waals surface area contributed by atoms with Gasteiger partial charge in [0.25, 0.3) is 0 Å². The molecular weight excluding hydrogens is 539 g/mol. The normalized spacial score (nSPS) is 30.4. The fourth-order valence-corrected chi connectivity index (χ4v) is 5.05. The van der Waals surface area contributed by atoms with E-state index in [1.807, 2.05) is 6.08 Å². The molecule has 2 fully saturated rings. The van der Waals surface area contributed by atoms with Gasteiger partial charge in [-0.3, -0.25) is 0 Å². The first-order valence-corrected chi connectivity index (χ1v) is 19.6. The zero-order valence-corrected chi connectivity index (χ0v) is 27.4. The van der Waals surface area contributed by atoms with Gasteiger partial charge in [0.05, 0.1) is 31.8 Å². The first kappa shape index (κ1) is 34.5. The van der Waals surface area contributed by atoms with Crippen molar-refractivity contribution in [3.63, 3.8) is 0 Å². The SMILES string of the molecule is CC(C)(C)[Si](C)(C)OC[C@@H]1OCC=C[C@H]1O.CC(C)(C)[Si](C)(C)OC[C@@H]1OC[C@H]2O[C@H]2[C@H]1O.ClCCl. The Morgan fingerprint density at radius 2 is 1.33 bits per heavy atom. The Kier molecular flexibility index (Phi) is 13.6. The molecule has 0 unspecified atom stereocenters. The highest BCUT2D eigenvalue weighted by atomic mass is 35.5. The van der Waals surface area contributed by atoms with Crippen molar-refractivity contribution in [1.82, 2.24) is 0 Å². The average Bonchev–Trinajstić information content (AvgIpc) is 3.53. The molecule has 11 heteroatoms. The van der Waals surface area contributed by atoms with Gasteiger partial charge in [0.15, 0.2) is 16.6 Å². The Morgan fingerprint density at radius 1 is 0.861 bits per heavy atom. The van der Waals surface area contributed by atoms with E-state index in [0.29, 0.717) is 26.4 Å². The maximum Gasteiger partial charge on any atom is 0.192 e. The summed E-state index contributed by atoms with van der Waals surface area (Å²) in [4.78, 5) is 0. The van der Waals surface area contributed by atoms with E-state index >= 15 is 0 Å². The number of rotatable bonds is 6. The number of hydrogen-bond acceptors (Lipinski definition) is 7. The van der Waals surface area contributed by atoms with Crippen LogP contribution in [0.25, 0.3) is 0 Å². The van der Waals surface area contributed by atoms with Crippen molar-refractivity contribution in [3.05, 3.63) is 12.2 Å². The molecular formula is C25H50Cl2O7Si2. The van der Waals surface area contributed by atoms with Crippen molar-refractivity contribution in [2.24, 2.45) is 0 Å². The van der Waals surface area contributed by atoms with E-state index in [-0.39, 0.29) is 39.8 Å². The van der Waals surface area contributed by atoms with Crippen molar-refractivity contribution in [2.75, 3.05) is 31.8 Å². The minimum Gasteiger partial charge on any atom is -0.414 e. The Labute approximate surface area is 231 Å². The predicted octanol–water partition coefficient (Wildman–Crippen LogP) is 5.28. The Bertz CT molecular complexity index is 680. The third-order valence-electron chi connectivity index (χ3n) is 7.76. The van der Waals surface area contributed by atoms with Crippen molar-refractivity contribution in [1.29, 1.82) is 0 Å². The summed E-state index contributed by atoms with van der Waals surface area (Å²) in [7, 11) is -3.49. The van der Waals surface area contributed by atoms with Gasteiger partial charge in [0, 0.05) is 0 Å². The molecule has 6 atom stereocenters. The largest absolute Gasteiger partial charge is 0.414 e. The topological polar surface area (TPSA) is 89.9 Å². The van der Waals surface area contributed by atoms with Crippen LogP contribution in [0.5, 0.6) is 0 Å². The summed E-state index contributed by atoms with van der Waals surface area (Å²) in [5, 5.41) is 20.2.